The number of H-pyrrole nitrogens is 1. The minimum Gasteiger partial charge on any atom is -0.351 e. The number of benzene rings is 3. The van der Waals surface area contributed by atoms with Crippen molar-refractivity contribution in [3.05, 3.63) is 114 Å². The highest BCUT2D eigenvalue weighted by Crippen LogP contribution is 2.25. The lowest BCUT2D eigenvalue weighted by molar-refractivity contribution is 0.0930. The first-order valence-electron chi connectivity index (χ1n) is 10.7. The Bertz CT molecular complexity index is 1320. The molecule has 0 saturated carbocycles. The van der Waals surface area contributed by atoms with Crippen LogP contribution in [0.5, 0.6) is 0 Å². The van der Waals surface area contributed by atoms with E-state index in [0.717, 1.165) is 33.5 Å². The van der Waals surface area contributed by atoms with Gasteiger partial charge in [0.2, 0.25) is 0 Å². The van der Waals surface area contributed by atoms with Crippen LogP contribution in [0.25, 0.3) is 22.2 Å². The number of imidazole rings is 1. The van der Waals surface area contributed by atoms with Gasteiger partial charge in [0.15, 0.2) is 0 Å². The van der Waals surface area contributed by atoms with Crippen molar-refractivity contribution < 1.29 is 4.79 Å². The van der Waals surface area contributed by atoms with E-state index < -0.39 is 0 Å². The van der Waals surface area contributed by atoms with E-state index in [9.17, 15) is 4.79 Å². The van der Waals surface area contributed by atoms with Crippen molar-refractivity contribution in [1.82, 2.24) is 19.9 Å². The number of hydrogen-bond donors (Lipinski definition) is 2. The first-order chi connectivity index (χ1) is 15.7. The first kappa shape index (κ1) is 19.8. The van der Waals surface area contributed by atoms with E-state index >= 15 is 0 Å². The molecule has 0 saturated heterocycles. The molecule has 0 aliphatic carbocycles. The lowest BCUT2D eigenvalue weighted by Gasteiger charge is -2.19. The van der Waals surface area contributed by atoms with Gasteiger partial charge in [-0.2, -0.15) is 0 Å². The molecule has 2 aromatic heterocycles. The third-order valence-corrected chi connectivity index (χ3v) is 5.77. The SMILES string of the molecule is Cn1c(-c2ccccc2)cnc1C(Cc1ccccc1)NC(=O)c1cc2ccccc2[nH]1. The fraction of sp³-hybridized carbons (Fsp3) is 0.111. The maximum Gasteiger partial charge on any atom is 0.268 e. The van der Waals surface area contributed by atoms with Gasteiger partial charge in [-0.1, -0.05) is 78.9 Å². The third kappa shape index (κ3) is 3.93. The summed E-state index contributed by atoms with van der Waals surface area (Å²) in [5.41, 5.74) is 4.73. The van der Waals surface area contributed by atoms with E-state index in [4.69, 9.17) is 4.98 Å². The zero-order valence-electron chi connectivity index (χ0n) is 17.8. The predicted octanol–water partition coefficient (Wildman–Crippen LogP) is 5.28. The standard InChI is InChI=1S/C27H24N4O/c1-31-25(20-12-6-3-7-13-20)18-28-26(31)23(16-19-10-4-2-5-11-19)30-27(32)24-17-21-14-8-9-15-22(21)29-24/h2-15,17-18,23,29H,16H2,1H3,(H,30,32). The molecule has 2 N–H and O–H groups in total. The molecular weight excluding hydrogens is 396 g/mol. The van der Waals surface area contributed by atoms with Crippen molar-refractivity contribution in [2.24, 2.45) is 7.05 Å². The van der Waals surface area contributed by atoms with Crippen molar-refractivity contribution >= 4 is 16.8 Å². The summed E-state index contributed by atoms with van der Waals surface area (Å²) < 4.78 is 2.06. The highest BCUT2D eigenvalue weighted by Gasteiger charge is 2.23. The Kier molecular flexibility index (Phi) is 5.30. The third-order valence-electron chi connectivity index (χ3n) is 5.77. The summed E-state index contributed by atoms with van der Waals surface area (Å²) in [6, 6.07) is 29.8. The highest BCUT2D eigenvalue weighted by molar-refractivity contribution is 5.98. The zero-order chi connectivity index (χ0) is 21.9. The van der Waals surface area contributed by atoms with Gasteiger partial charge < -0.3 is 14.9 Å². The number of carbonyl (C=O) groups is 1. The average Bonchev–Trinajstić information content (AvgIpc) is 3.43. The van der Waals surface area contributed by atoms with Gasteiger partial charge in [0.25, 0.3) is 5.91 Å². The summed E-state index contributed by atoms with van der Waals surface area (Å²) in [7, 11) is 2.00. The first-order valence-corrected chi connectivity index (χ1v) is 10.7. The van der Waals surface area contributed by atoms with Crippen LogP contribution in [0.3, 0.4) is 0 Å². The fourth-order valence-electron chi connectivity index (χ4n) is 4.11. The van der Waals surface area contributed by atoms with Crippen LogP contribution >= 0.6 is 0 Å². The van der Waals surface area contributed by atoms with Crippen LogP contribution in [0, 0.1) is 0 Å². The van der Waals surface area contributed by atoms with Gasteiger partial charge >= 0.3 is 0 Å². The largest absolute Gasteiger partial charge is 0.351 e. The van der Waals surface area contributed by atoms with Gasteiger partial charge in [0.1, 0.15) is 11.5 Å². The molecule has 2 heterocycles. The molecule has 3 aromatic carbocycles. The molecular formula is C27H24N4O. The molecule has 0 radical (unpaired) electrons. The normalized spacial score (nSPS) is 12.0. The number of nitrogens with zero attached hydrogens (tertiary/aromatic N) is 2. The second-order valence-electron chi connectivity index (χ2n) is 7.91. The topological polar surface area (TPSA) is 62.7 Å². The monoisotopic (exact) mass is 420 g/mol. The van der Waals surface area contributed by atoms with Crippen molar-refractivity contribution in [3.8, 4) is 11.3 Å². The molecule has 1 atom stereocenters. The second kappa shape index (κ2) is 8.55. The van der Waals surface area contributed by atoms with E-state index in [2.05, 4.69) is 39.1 Å². The van der Waals surface area contributed by atoms with Crippen LogP contribution in [0.15, 0.2) is 97.2 Å². The van der Waals surface area contributed by atoms with Gasteiger partial charge in [-0.15, -0.1) is 0 Å². The lowest BCUT2D eigenvalue weighted by Crippen LogP contribution is -2.32. The molecule has 0 fully saturated rings. The molecule has 158 valence electrons. The van der Waals surface area contributed by atoms with Gasteiger partial charge in [-0.25, -0.2) is 4.98 Å². The molecule has 0 bridgehead atoms. The average molecular weight is 421 g/mol. The number of amides is 1. The van der Waals surface area contributed by atoms with Crippen LogP contribution in [-0.4, -0.2) is 20.4 Å². The number of hydrogen-bond acceptors (Lipinski definition) is 2. The van der Waals surface area contributed by atoms with Crippen molar-refractivity contribution in [1.29, 1.82) is 0 Å². The van der Waals surface area contributed by atoms with E-state index in [1.807, 2.05) is 80.0 Å². The van der Waals surface area contributed by atoms with Gasteiger partial charge in [-0.05, 0) is 29.7 Å². The Morgan fingerprint density at radius 3 is 2.41 bits per heavy atom. The molecule has 32 heavy (non-hydrogen) atoms. The maximum atomic E-state index is 13.2. The highest BCUT2D eigenvalue weighted by atomic mass is 16.2. The van der Waals surface area contributed by atoms with Crippen molar-refractivity contribution in [2.75, 3.05) is 0 Å². The summed E-state index contributed by atoms with van der Waals surface area (Å²) in [5, 5.41) is 4.23. The Balaban J connectivity index is 1.48. The molecule has 5 nitrogen and oxygen atoms in total. The van der Waals surface area contributed by atoms with Gasteiger partial charge in [0, 0.05) is 18.0 Å². The number of nitrogens with one attached hydrogen (secondary N) is 2. The number of aromatic nitrogens is 3. The van der Waals surface area contributed by atoms with E-state index in [1.54, 1.807) is 0 Å². The molecule has 0 aliphatic rings. The number of carbonyl (C=O) groups excluding carboxylic acids is 1. The number of para-hydroxylation sites is 1. The Hall–Kier alpha value is -4.12. The minimum absolute atomic E-state index is 0.147. The van der Waals surface area contributed by atoms with Crippen LogP contribution in [-0.2, 0) is 13.5 Å². The molecule has 5 rings (SSSR count). The van der Waals surface area contributed by atoms with Crippen LogP contribution in [0.2, 0.25) is 0 Å². The minimum atomic E-state index is -0.279. The Morgan fingerprint density at radius 1 is 0.969 bits per heavy atom. The van der Waals surface area contributed by atoms with Crippen molar-refractivity contribution in [2.45, 2.75) is 12.5 Å². The van der Waals surface area contributed by atoms with Crippen molar-refractivity contribution in [3.63, 3.8) is 0 Å². The second-order valence-corrected chi connectivity index (χ2v) is 7.91. The van der Waals surface area contributed by atoms with Gasteiger partial charge in [-0.3, -0.25) is 4.79 Å². The summed E-state index contributed by atoms with van der Waals surface area (Å²) in [6.07, 6.45) is 2.52. The molecule has 0 aliphatic heterocycles. The number of aromatic amines is 1. The summed E-state index contributed by atoms with van der Waals surface area (Å²) in [4.78, 5) is 21.1. The van der Waals surface area contributed by atoms with Crippen LogP contribution in [0.4, 0.5) is 0 Å². The lowest BCUT2D eigenvalue weighted by atomic mass is 10.0. The fourth-order valence-corrected chi connectivity index (χ4v) is 4.11. The Labute approximate surface area is 186 Å². The molecule has 5 heteroatoms. The summed E-state index contributed by atoms with van der Waals surface area (Å²) in [5.74, 6) is 0.670. The Morgan fingerprint density at radius 2 is 1.66 bits per heavy atom. The number of rotatable bonds is 6. The van der Waals surface area contributed by atoms with E-state index in [1.165, 1.54) is 0 Å². The van der Waals surface area contributed by atoms with Crippen LogP contribution < -0.4 is 5.32 Å². The molecule has 1 unspecified atom stereocenters. The zero-order valence-corrected chi connectivity index (χ0v) is 17.8. The summed E-state index contributed by atoms with van der Waals surface area (Å²) >= 11 is 0. The smallest absolute Gasteiger partial charge is 0.268 e. The number of fused-ring (bicyclic) bond motifs is 1. The van der Waals surface area contributed by atoms with Crippen LogP contribution in [0.1, 0.15) is 27.9 Å². The summed E-state index contributed by atoms with van der Waals surface area (Å²) in [6.45, 7) is 0. The maximum absolute atomic E-state index is 13.2. The molecule has 0 spiro atoms. The van der Waals surface area contributed by atoms with E-state index in [-0.39, 0.29) is 11.9 Å². The predicted molar refractivity (Wildman–Crippen MR) is 127 cm³/mol. The molecule has 1 amide bonds. The van der Waals surface area contributed by atoms with Gasteiger partial charge in [0.05, 0.1) is 17.9 Å². The molecule has 5 aromatic rings. The van der Waals surface area contributed by atoms with E-state index in [0.29, 0.717) is 12.1 Å². The quantitative estimate of drug-likeness (QED) is 0.392.